The van der Waals surface area contributed by atoms with Crippen molar-refractivity contribution in [2.24, 2.45) is 0 Å². The molecule has 106 valence electrons. The van der Waals surface area contributed by atoms with Crippen LogP contribution in [0.1, 0.15) is 25.3 Å². The first-order chi connectivity index (χ1) is 9.10. The van der Waals surface area contributed by atoms with Crippen molar-refractivity contribution in [2.75, 3.05) is 32.4 Å². The van der Waals surface area contributed by atoms with Gasteiger partial charge < -0.3 is 10.6 Å². The summed E-state index contributed by atoms with van der Waals surface area (Å²) in [6.07, 6.45) is 2.54. The predicted molar refractivity (Wildman–Crippen MR) is 85.2 cm³/mol. The predicted octanol–water partition coefficient (Wildman–Crippen LogP) is 2.95. The van der Waals surface area contributed by atoms with Crippen molar-refractivity contribution in [3.63, 3.8) is 0 Å². The highest BCUT2D eigenvalue weighted by Crippen LogP contribution is 2.23. The quantitative estimate of drug-likeness (QED) is 0.864. The fraction of sp³-hybridized carbons (Fsp3) is 0.600. The van der Waals surface area contributed by atoms with Crippen molar-refractivity contribution < 1.29 is 0 Å². The van der Waals surface area contributed by atoms with E-state index in [1.54, 1.807) is 0 Å². The Labute approximate surface area is 124 Å². The van der Waals surface area contributed by atoms with Crippen molar-refractivity contribution in [3.05, 3.63) is 28.2 Å². The topological polar surface area (TPSA) is 32.5 Å². The molecule has 1 aromatic rings. The third kappa shape index (κ3) is 3.94. The van der Waals surface area contributed by atoms with E-state index in [1.165, 1.54) is 38.0 Å². The number of nitrogens with two attached hydrogens (primary N) is 1. The number of hydrogen-bond donors (Lipinski definition) is 1. The average Bonchev–Trinajstić information content (AvgIpc) is 2.43. The summed E-state index contributed by atoms with van der Waals surface area (Å²) in [5, 5.41) is 0. The lowest BCUT2D eigenvalue weighted by Crippen LogP contribution is -2.42. The van der Waals surface area contributed by atoms with Crippen LogP contribution in [0.15, 0.2) is 22.7 Å². The molecular formula is C15H24BrN3. The molecule has 0 saturated carbocycles. The first-order valence-electron chi connectivity index (χ1n) is 7.06. The molecule has 3 nitrogen and oxygen atoms in total. The van der Waals surface area contributed by atoms with Gasteiger partial charge in [0.25, 0.3) is 0 Å². The average molecular weight is 326 g/mol. The highest BCUT2D eigenvalue weighted by Gasteiger charge is 2.21. The van der Waals surface area contributed by atoms with Crippen LogP contribution in [0.25, 0.3) is 0 Å². The summed E-state index contributed by atoms with van der Waals surface area (Å²) in [5.74, 6) is 0. The molecule has 0 aromatic heterocycles. The summed E-state index contributed by atoms with van der Waals surface area (Å²) in [7, 11) is 2.22. The second-order valence-corrected chi connectivity index (χ2v) is 6.29. The van der Waals surface area contributed by atoms with Gasteiger partial charge in [0.1, 0.15) is 0 Å². The lowest BCUT2D eigenvalue weighted by atomic mass is 10.0. The third-order valence-corrected chi connectivity index (χ3v) is 4.89. The van der Waals surface area contributed by atoms with E-state index in [4.69, 9.17) is 5.73 Å². The Morgan fingerprint density at radius 1 is 1.37 bits per heavy atom. The smallest absolute Gasteiger partial charge is 0.0318 e. The van der Waals surface area contributed by atoms with E-state index in [9.17, 15) is 0 Å². The molecule has 1 aliphatic rings. The number of rotatable bonds is 4. The Bertz CT molecular complexity index is 414. The molecule has 1 fully saturated rings. The van der Waals surface area contributed by atoms with Crippen LogP contribution in [-0.2, 0) is 6.54 Å². The highest BCUT2D eigenvalue weighted by molar-refractivity contribution is 9.10. The van der Waals surface area contributed by atoms with Gasteiger partial charge in [-0.05, 0) is 63.3 Å². The van der Waals surface area contributed by atoms with E-state index in [0.717, 1.165) is 16.7 Å². The zero-order valence-electron chi connectivity index (χ0n) is 11.9. The Balaban J connectivity index is 1.94. The SMILES string of the molecule is CCN1CCC(N(C)Cc2cc(N)ccc2Br)CC1. The van der Waals surface area contributed by atoms with Gasteiger partial charge in [-0.25, -0.2) is 0 Å². The van der Waals surface area contributed by atoms with E-state index in [0.29, 0.717) is 6.04 Å². The fourth-order valence-corrected chi connectivity index (χ4v) is 3.16. The van der Waals surface area contributed by atoms with E-state index in [-0.39, 0.29) is 0 Å². The summed E-state index contributed by atoms with van der Waals surface area (Å²) in [5.41, 5.74) is 7.99. The molecule has 19 heavy (non-hydrogen) atoms. The number of likely N-dealkylation sites (tertiary alicyclic amines) is 1. The summed E-state index contributed by atoms with van der Waals surface area (Å²) < 4.78 is 1.15. The van der Waals surface area contributed by atoms with Crippen LogP contribution >= 0.6 is 15.9 Å². The number of anilines is 1. The molecule has 0 aliphatic carbocycles. The molecule has 1 aliphatic heterocycles. The third-order valence-electron chi connectivity index (χ3n) is 4.12. The maximum Gasteiger partial charge on any atom is 0.0318 e. The lowest BCUT2D eigenvalue weighted by Gasteiger charge is -2.36. The zero-order valence-corrected chi connectivity index (χ0v) is 13.5. The number of halogens is 1. The van der Waals surface area contributed by atoms with E-state index in [1.807, 2.05) is 12.1 Å². The molecule has 0 amide bonds. The number of nitrogen functional groups attached to an aromatic ring is 1. The van der Waals surface area contributed by atoms with Gasteiger partial charge in [0.15, 0.2) is 0 Å². The van der Waals surface area contributed by atoms with Gasteiger partial charge in [0.2, 0.25) is 0 Å². The van der Waals surface area contributed by atoms with Gasteiger partial charge in [-0.3, -0.25) is 4.90 Å². The van der Waals surface area contributed by atoms with Crippen molar-refractivity contribution in [2.45, 2.75) is 32.4 Å². The largest absolute Gasteiger partial charge is 0.399 e. The van der Waals surface area contributed by atoms with Crippen LogP contribution in [0.2, 0.25) is 0 Å². The monoisotopic (exact) mass is 325 g/mol. The number of nitrogens with zero attached hydrogens (tertiary/aromatic N) is 2. The molecule has 0 radical (unpaired) electrons. The summed E-state index contributed by atoms with van der Waals surface area (Å²) in [4.78, 5) is 4.99. The zero-order chi connectivity index (χ0) is 13.8. The van der Waals surface area contributed by atoms with Crippen molar-refractivity contribution >= 4 is 21.6 Å². The Morgan fingerprint density at radius 3 is 2.68 bits per heavy atom. The number of benzene rings is 1. The van der Waals surface area contributed by atoms with Crippen LogP contribution in [-0.4, -0.2) is 42.5 Å². The minimum absolute atomic E-state index is 0.691. The van der Waals surface area contributed by atoms with Gasteiger partial charge in [-0.15, -0.1) is 0 Å². The molecule has 0 unspecified atom stereocenters. The van der Waals surface area contributed by atoms with Crippen LogP contribution < -0.4 is 5.73 Å². The first kappa shape index (κ1) is 14.8. The Hall–Kier alpha value is -0.580. The maximum atomic E-state index is 5.87. The van der Waals surface area contributed by atoms with Gasteiger partial charge in [-0.2, -0.15) is 0 Å². The molecule has 0 atom stereocenters. The van der Waals surface area contributed by atoms with Crippen LogP contribution in [0.5, 0.6) is 0 Å². The molecule has 1 saturated heterocycles. The minimum atomic E-state index is 0.691. The first-order valence-corrected chi connectivity index (χ1v) is 7.86. The Morgan fingerprint density at radius 2 is 2.05 bits per heavy atom. The van der Waals surface area contributed by atoms with Gasteiger partial charge in [-0.1, -0.05) is 22.9 Å². The molecule has 2 rings (SSSR count). The Kier molecular flexibility index (Phi) is 5.25. The number of piperidine rings is 1. The lowest BCUT2D eigenvalue weighted by molar-refractivity contribution is 0.127. The van der Waals surface area contributed by atoms with Gasteiger partial charge >= 0.3 is 0 Å². The standard InChI is InChI=1S/C15H24BrN3/c1-3-19-8-6-14(7-9-19)18(2)11-12-10-13(17)4-5-15(12)16/h4-5,10,14H,3,6-9,11,17H2,1-2H3. The molecule has 4 heteroatoms. The number of hydrogen-bond acceptors (Lipinski definition) is 3. The van der Waals surface area contributed by atoms with Crippen molar-refractivity contribution in [3.8, 4) is 0 Å². The van der Waals surface area contributed by atoms with Crippen LogP contribution in [0, 0.1) is 0 Å². The van der Waals surface area contributed by atoms with Gasteiger partial charge in [0, 0.05) is 22.7 Å². The minimum Gasteiger partial charge on any atom is -0.399 e. The fourth-order valence-electron chi connectivity index (χ4n) is 2.79. The van der Waals surface area contributed by atoms with E-state index in [2.05, 4.69) is 45.8 Å². The molecule has 0 spiro atoms. The second kappa shape index (κ2) is 6.73. The van der Waals surface area contributed by atoms with Crippen molar-refractivity contribution in [1.82, 2.24) is 9.80 Å². The maximum absolute atomic E-state index is 5.87. The molecule has 1 aromatic carbocycles. The summed E-state index contributed by atoms with van der Waals surface area (Å²) >= 11 is 3.61. The molecule has 1 heterocycles. The normalized spacial score (nSPS) is 18.1. The van der Waals surface area contributed by atoms with Crippen LogP contribution in [0.3, 0.4) is 0 Å². The summed E-state index contributed by atoms with van der Waals surface area (Å²) in [6, 6.07) is 6.74. The summed E-state index contributed by atoms with van der Waals surface area (Å²) in [6.45, 7) is 6.83. The molecular weight excluding hydrogens is 302 g/mol. The van der Waals surface area contributed by atoms with Crippen LogP contribution in [0.4, 0.5) is 5.69 Å². The highest BCUT2D eigenvalue weighted by atomic mass is 79.9. The van der Waals surface area contributed by atoms with E-state index < -0.39 is 0 Å². The van der Waals surface area contributed by atoms with Crippen molar-refractivity contribution in [1.29, 1.82) is 0 Å². The van der Waals surface area contributed by atoms with E-state index >= 15 is 0 Å². The molecule has 0 bridgehead atoms. The molecule has 2 N–H and O–H groups in total. The second-order valence-electron chi connectivity index (χ2n) is 5.43. The van der Waals surface area contributed by atoms with Gasteiger partial charge in [0.05, 0.1) is 0 Å².